The Morgan fingerprint density at radius 2 is 2.16 bits per heavy atom. The van der Waals surface area contributed by atoms with Crippen LogP contribution in [-0.2, 0) is 0 Å². The Labute approximate surface area is 114 Å². The predicted molar refractivity (Wildman–Crippen MR) is 74.4 cm³/mol. The summed E-state index contributed by atoms with van der Waals surface area (Å²) >= 11 is 6.06. The second-order valence-electron chi connectivity index (χ2n) is 4.61. The number of hydrogen-bond acceptors (Lipinski definition) is 3. The maximum atomic E-state index is 14.4. The molecule has 5 heteroatoms. The highest BCUT2D eigenvalue weighted by Crippen LogP contribution is 2.35. The second kappa shape index (κ2) is 4.38. The summed E-state index contributed by atoms with van der Waals surface area (Å²) in [6.45, 7) is 1.49. The number of alkyl halides is 1. The molecule has 2 aromatic rings. The molecule has 1 aliphatic heterocycles. The van der Waals surface area contributed by atoms with E-state index in [0.29, 0.717) is 16.4 Å². The zero-order valence-electron chi connectivity index (χ0n) is 10.2. The van der Waals surface area contributed by atoms with Crippen molar-refractivity contribution in [1.82, 2.24) is 9.97 Å². The molecule has 2 aromatic heterocycles. The van der Waals surface area contributed by atoms with Crippen molar-refractivity contribution >= 4 is 28.8 Å². The van der Waals surface area contributed by atoms with Gasteiger partial charge in [0.05, 0.1) is 10.7 Å². The zero-order chi connectivity index (χ0) is 13.5. The van der Waals surface area contributed by atoms with Crippen molar-refractivity contribution < 1.29 is 4.39 Å². The van der Waals surface area contributed by atoms with Gasteiger partial charge in [0.15, 0.2) is 11.3 Å². The minimum Gasteiger partial charge on any atom is -0.280 e. The number of pyridine rings is 2. The molecule has 0 spiro atoms. The fourth-order valence-corrected chi connectivity index (χ4v) is 2.34. The number of rotatable bonds is 1. The molecule has 3 heterocycles. The molecule has 3 nitrogen and oxygen atoms in total. The summed E-state index contributed by atoms with van der Waals surface area (Å²) < 4.78 is 14.4. The lowest BCUT2D eigenvalue weighted by atomic mass is 9.93. The van der Waals surface area contributed by atoms with E-state index in [1.165, 1.54) is 13.0 Å². The van der Waals surface area contributed by atoms with Crippen molar-refractivity contribution in [2.75, 3.05) is 0 Å². The van der Waals surface area contributed by atoms with Gasteiger partial charge in [0.2, 0.25) is 0 Å². The molecule has 2 atom stereocenters. The van der Waals surface area contributed by atoms with Gasteiger partial charge in [-0.2, -0.15) is 0 Å². The van der Waals surface area contributed by atoms with Crippen LogP contribution in [0, 0.1) is 0 Å². The summed E-state index contributed by atoms with van der Waals surface area (Å²) in [4.78, 5) is 12.7. The lowest BCUT2D eigenvalue weighted by Crippen LogP contribution is -2.27. The smallest absolute Gasteiger partial charge is 0.160 e. The van der Waals surface area contributed by atoms with E-state index in [9.17, 15) is 4.39 Å². The fourth-order valence-electron chi connectivity index (χ4n) is 2.13. The third-order valence-electron chi connectivity index (χ3n) is 3.13. The number of allylic oxidation sites excluding steroid dienone is 1. The van der Waals surface area contributed by atoms with Crippen LogP contribution in [0.3, 0.4) is 0 Å². The van der Waals surface area contributed by atoms with E-state index in [1.54, 1.807) is 36.7 Å². The first-order valence-corrected chi connectivity index (χ1v) is 6.27. The van der Waals surface area contributed by atoms with Crippen LogP contribution in [0.4, 0.5) is 4.39 Å². The molecule has 0 bridgehead atoms. The molecule has 0 aliphatic carbocycles. The maximum Gasteiger partial charge on any atom is 0.160 e. The summed E-state index contributed by atoms with van der Waals surface area (Å²) in [5, 5.41) is 1.34. The van der Waals surface area contributed by atoms with Crippen LogP contribution in [0.15, 0.2) is 41.5 Å². The third kappa shape index (κ3) is 2.12. The molecule has 0 radical (unpaired) electrons. The largest absolute Gasteiger partial charge is 0.280 e. The minimum absolute atomic E-state index is 0.505. The zero-order valence-corrected chi connectivity index (χ0v) is 11.0. The summed E-state index contributed by atoms with van der Waals surface area (Å²) in [5.41, 5.74) is -0.494. The molecule has 1 aliphatic rings. The SMILES string of the molecule is CC1(F)C=CC=NC1c1ccc2c(Cl)ccnc2n1. The van der Waals surface area contributed by atoms with Crippen molar-refractivity contribution in [3.63, 3.8) is 0 Å². The predicted octanol–water partition coefficient (Wildman–Crippen LogP) is 3.69. The minimum atomic E-state index is -1.55. The molecule has 0 fully saturated rings. The van der Waals surface area contributed by atoms with Gasteiger partial charge in [-0.15, -0.1) is 0 Å². The molecular formula is C14H11ClFN3. The summed E-state index contributed by atoms with van der Waals surface area (Å²) in [5.74, 6) is 0. The number of fused-ring (bicyclic) bond motifs is 1. The van der Waals surface area contributed by atoms with Gasteiger partial charge in [0.25, 0.3) is 0 Å². The van der Waals surface area contributed by atoms with Gasteiger partial charge < -0.3 is 0 Å². The van der Waals surface area contributed by atoms with E-state index in [4.69, 9.17) is 11.6 Å². The lowest BCUT2D eigenvalue weighted by Gasteiger charge is -2.26. The summed E-state index contributed by atoms with van der Waals surface area (Å²) in [6.07, 6.45) is 6.26. The number of aromatic nitrogens is 2. The highest BCUT2D eigenvalue weighted by atomic mass is 35.5. The standard InChI is InChI=1S/C14H11ClFN3/c1-14(16)6-2-7-17-12(14)11-4-3-9-10(15)5-8-18-13(9)19-11/h2-8,12H,1H3. The molecule has 19 heavy (non-hydrogen) atoms. The molecule has 0 aromatic carbocycles. The fraction of sp³-hybridized carbons (Fsp3) is 0.214. The number of aliphatic imine (C=N–C) groups is 1. The molecule has 0 N–H and O–H groups in total. The number of halogens is 2. The molecular weight excluding hydrogens is 265 g/mol. The van der Waals surface area contributed by atoms with Crippen molar-refractivity contribution in [3.05, 3.63) is 47.3 Å². The van der Waals surface area contributed by atoms with Crippen LogP contribution in [0.1, 0.15) is 18.7 Å². The van der Waals surface area contributed by atoms with Crippen LogP contribution in [0.25, 0.3) is 11.0 Å². The van der Waals surface area contributed by atoms with Crippen molar-refractivity contribution in [2.24, 2.45) is 4.99 Å². The highest BCUT2D eigenvalue weighted by molar-refractivity contribution is 6.35. The first-order valence-electron chi connectivity index (χ1n) is 5.89. The summed E-state index contributed by atoms with van der Waals surface area (Å²) in [6, 6.07) is 4.60. The molecule has 0 amide bonds. The number of dihydropyridines is 1. The van der Waals surface area contributed by atoms with Gasteiger partial charge in [-0.05, 0) is 37.3 Å². The number of hydrogen-bond donors (Lipinski definition) is 0. The molecule has 0 saturated carbocycles. The van der Waals surface area contributed by atoms with Gasteiger partial charge in [0.1, 0.15) is 6.04 Å². The van der Waals surface area contributed by atoms with Gasteiger partial charge in [-0.25, -0.2) is 14.4 Å². The van der Waals surface area contributed by atoms with Crippen LogP contribution < -0.4 is 0 Å². The van der Waals surface area contributed by atoms with E-state index in [0.717, 1.165) is 5.39 Å². The first-order chi connectivity index (χ1) is 9.08. The van der Waals surface area contributed by atoms with Gasteiger partial charge in [-0.3, -0.25) is 4.99 Å². The lowest BCUT2D eigenvalue weighted by molar-refractivity contribution is 0.208. The number of nitrogens with zero attached hydrogens (tertiary/aromatic N) is 3. The van der Waals surface area contributed by atoms with Crippen molar-refractivity contribution in [1.29, 1.82) is 0 Å². The average molecular weight is 276 g/mol. The Morgan fingerprint density at radius 3 is 2.95 bits per heavy atom. The Bertz CT molecular complexity index is 694. The van der Waals surface area contributed by atoms with E-state index >= 15 is 0 Å². The Morgan fingerprint density at radius 1 is 1.32 bits per heavy atom. The Hall–Kier alpha value is -1.81. The third-order valence-corrected chi connectivity index (χ3v) is 3.46. The van der Waals surface area contributed by atoms with Crippen LogP contribution in [0.2, 0.25) is 5.02 Å². The van der Waals surface area contributed by atoms with Gasteiger partial charge >= 0.3 is 0 Å². The Kier molecular flexibility index (Phi) is 2.82. The summed E-state index contributed by atoms with van der Waals surface area (Å²) in [7, 11) is 0. The van der Waals surface area contributed by atoms with E-state index in [2.05, 4.69) is 15.0 Å². The monoisotopic (exact) mass is 275 g/mol. The van der Waals surface area contributed by atoms with Crippen LogP contribution in [0.5, 0.6) is 0 Å². The quantitative estimate of drug-likeness (QED) is 0.796. The normalized spacial score (nSPS) is 25.9. The van der Waals surface area contributed by atoms with E-state index in [1.807, 2.05) is 0 Å². The first kappa shape index (κ1) is 12.2. The second-order valence-corrected chi connectivity index (χ2v) is 5.02. The maximum absolute atomic E-state index is 14.4. The molecule has 2 unspecified atom stereocenters. The molecule has 96 valence electrons. The topological polar surface area (TPSA) is 38.1 Å². The van der Waals surface area contributed by atoms with Crippen molar-refractivity contribution in [3.8, 4) is 0 Å². The van der Waals surface area contributed by atoms with E-state index < -0.39 is 11.7 Å². The van der Waals surface area contributed by atoms with E-state index in [-0.39, 0.29) is 0 Å². The molecule has 0 saturated heterocycles. The van der Waals surface area contributed by atoms with Gasteiger partial charge in [0, 0.05) is 17.8 Å². The van der Waals surface area contributed by atoms with Crippen LogP contribution >= 0.6 is 11.6 Å². The molecule has 3 rings (SSSR count). The van der Waals surface area contributed by atoms with Crippen LogP contribution in [-0.4, -0.2) is 21.9 Å². The van der Waals surface area contributed by atoms with Gasteiger partial charge in [-0.1, -0.05) is 11.6 Å². The average Bonchev–Trinajstić information content (AvgIpc) is 2.38. The highest BCUT2D eigenvalue weighted by Gasteiger charge is 2.35. The van der Waals surface area contributed by atoms with Crippen molar-refractivity contribution in [2.45, 2.75) is 18.6 Å². The Balaban J connectivity index is 2.12.